The summed E-state index contributed by atoms with van der Waals surface area (Å²) in [6.45, 7) is 0. The Hall–Kier alpha value is -3.72. The third-order valence-electron chi connectivity index (χ3n) is 4.41. The van der Waals surface area contributed by atoms with Gasteiger partial charge in [0, 0.05) is 35.8 Å². The fraction of sp³-hybridized carbons (Fsp3) is 0.0500. The van der Waals surface area contributed by atoms with Gasteiger partial charge in [-0.2, -0.15) is 0 Å². The fourth-order valence-electron chi connectivity index (χ4n) is 2.96. The van der Waals surface area contributed by atoms with Crippen LogP contribution in [0.3, 0.4) is 0 Å². The predicted molar refractivity (Wildman–Crippen MR) is 110 cm³/mol. The summed E-state index contributed by atoms with van der Waals surface area (Å²) in [6, 6.07) is 18.6. The molecule has 0 aliphatic rings. The second kappa shape index (κ2) is 7.02. The molecule has 9 heteroatoms. The average Bonchev–Trinajstić information content (AvgIpc) is 3.06. The second-order valence-electron chi connectivity index (χ2n) is 6.47. The van der Waals surface area contributed by atoms with Crippen molar-refractivity contribution in [3.05, 3.63) is 83.0 Å². The van der Waals surface area contributed by atoms with Gasteiger partial charge in [-0.05, 0) is 24.3 Å². The second-order valence-corrected chi connectivity index (χ2v) is 8.48. The Labute approximate surface area is 166 Å². The topological polar surface area (TPSA) is 107 Å². The van der Waals surface area contributed by atoms with Crippen molar-refractivity contribution in [3.63, 3.8) is 0 Å². The molecule has 0 bridgehead atoms. The summed E-state index contributed by atoms with van der Waals surface area (Å²) in [4.78, 5) is 15.2. The van der Waals surface area contributed by atoms with E-state index in [9.17, 15) is 18.5 Å². The lowest BCUT2D eigenvalue weighted by molar-refractivity contribution is -0.384. The van der Waals surface area contributed by atoms with Crippen molar-refractivity contribution in [1.29, 1.82) is 0 Å². The van der Waals surface area contributed by atoms with Crippen molar-refractivity contribution >= 4 is 32.7 Å². The van der Waals surface area contributed by atoms with E-state index < -0.39 is 14.8 Å². The van der Waals surface area contributed by atoms with Crippen LogP contribution in [0.2, 0.25) is 0 Å². The van der Waals surface area contributed by atoms with Gasteiger partial charge in [-0.15, -0.1) is 0 Å². The molecule has 0 atom stereocenters. The Morgan fingerprint density at radius 2 is 1.69 bits per heavy atom. The molecule has 0 saturated heterocycles. The SMILES string of the molecule is CS(=O)(=O)c1ccc2nc(-c3ccccc3)c(Nc3ccc([N+](=O)[O-])cc3)n2c1. The molecule has 4 aromatic rings. The van der Waals surface area contributed by atoms with E-state index in [0.717, 1.165) is 11.8 Å². The number of pyridine rings is 1. The summed E-state index contributed by atoms with van der Waals surface area (Å²) in [5, 5.41) is 14.1. The number of nitrogens with one attached hydrogen (secondary N) is 1. The van der Waals surface area contributed by atoms with Crippen LogP contribution in [-0.4, -0.2) is 29.0 Å². The maximum Gasteiger partial charge on any atom is 0.269 e. The molecule has 4 rings (SSSR count). The lowest BCUT2D eigenvalue weighted by atomic mass is 10.1. The molecule has 2 aromatic carbocycles. The molecule has 1 N–H and O–H groups in total. The van der Waals surface area contributed by atoms with Gasteiger partial charge in [0.15, 0.2) is 9.84 Å². The number of nitrogens with zero attached hydrogens (tertiary/aromatic N) is 3. The molecule has 8 nitrogen and oxygen atoms in total. The molecular weight excluding hydrogens is 392 g/mol. The Balaban J connectivity index is 1.89. The highest BCUT2D eigenvalue weighted by atomic mass is 32.2. The molecule has 2 heterocycles. The fourth-order valence-corrected chi connectivity index (χ4v) is 3.58. The monoisotopic (exact) mass is 408 g/mol. The number of nitro benzene ring substituents is 1. The molecule has 146 valence electrons. The summed E-state index contributed by atoms with van der Waals surface area (Å²) in [5.74, 6) is 0.561. The van der Waals surface area contributed by atoms with E-state index in [1.54, 1.807) is 22.6 Å². The van der Waals surface area contributed by atoms with E-state index >= 15 is 0 Å². The molecule has 0 radical (unpaired) electrons. The molecule has 0 fully saturated rings. The number of hydrogen-bond acceptors (Lipinski definition) is 6. The number of rotatable bonds is 5. The number of aromatic nitrogens is 2. The largest absolute Gasteiger partial charge is 0.339 e. The Kier molecular flexibility index (Phi) is 4.51. The average molecular weight is 408 g/mol. The summed E-state index contributed by atoms with van der Waals surface area (Å²) >= 11 is 0. The van der Waals surface area contributed by atoms with Crippen molar-refractivity contribution in [3.8, 4) is 11.3 Å². The highest BCUT2D eigenvalue weighted by Gasteiger charge is 2.17. The number of imidazole rings is 1. The van der Waals surface area contributed by atoms with Gasteiger partial charge in [0.25, 0.3) is 5.69 Å². The van der Waals surface area contributed by atoms with E-state index in [-0.39, 0.29) is 10.6 Å². The molecule has 2 aromatic heterocycles. The van der Waals surface area contributed by atoms with Gasteiger partial charge in [-0.1, -0.05) is 30.3 Å². The number of sulfone groups is 1. The highest BCUT2D eigenvalue weighted by Crippen LogP contribution is 2.32. The molecular formula is C20H16N4O4S. The van der Waals surface area contributed by atoms with Crippen LogP contribution in [0.4, 0.5) is 17.2 Å². The van der Waals surface area contributed by atoms with Crippen LogP contribution in [0, 0.1) is 10.1 Å². The zero-order valence-corrected chi connectivity index (χ0v) is 16.1. The maximum atomic E-state index is 12.0. The number of hydrogen-bond donors (Lipinski definition) is 1. The molecule has 0 saturated carbocycles. The van der Waals surface area contributed by atoms with E-state index in [4.69, 9.17) is 0 Å². The van der Waals surface area contributed by atoms with Crippen LogP contribution in [0.15, 0.2) is 77.8 Å². The third kappa shape index (κ3) is 3.67. The van der Waals surface area contributed by atoms with Gasteiger partial charge >= 0.3 is 0 Å². The van der Waals surface area contributed by atoms with Crippen molar-refractivity contribution < 1.29 is 13.3 Å². The van der Waals surface area contributed by atoms with Crippen LogP contribution in [0.1, 0.15) is 0 Å². The van der Waals surface area contributed by atoms with Gasteiger partial charge in [0.1, 0.15) is 17.2 Å². The van der Waals surface area contributed by atoms with E-state index in [2.05, 4.69) is 10.3 Å². The van der Waals surface area contributed by atoms with Gasteiger partial charge in [0.2, 0.25) is 0 Å². The number of benzene rings is 2. The van der Waals surface area contributed by atoms with Crippen LogP contribution in [0.25, 0.3) is 16.9 Å². The zero-order valence-electron chi connectivity index (χ0n) is 15.3. The van der Waals surface area contributed by atoms with Gasteiger partial charge in [-0.25, -0.2) is 13.4 Å². The quantitative estimate of drug-likeness (QED) is 0.394. The highest BCUT2D eigenvalue weighted by molar-refractivity contribution is 7.90. The molecule has 0 aliphatic heterocycles. The van der Waals surface area contributed by atoms with Crippen molar-refractivity contribution in [2.24, 2.45) is 0 Å². The van der Waals surface area contributed by atoms with Crippen LogP contribution in [0.5, 0.6) is 0 Å². The third-order valence-corrected chi connectivity index (χ3v) is 5.51. The van der Waals surface area contributed by atoms with E-state index in [0.29, 0.717) is 22.8 Å². The first-order valence-corrected chi connectivity index (χ1v) is 10.5. The van der Waals surface area contributed by atoms with E-state index in [1.807, 2.05) is 30.3 Å². The first-order valence-electron chi connectivity index (χ1n) is 8.62. The van der Waals surface area contributed by atoms with Gasteiger partial charge in [-0.3, -0.25) is 14.5 Å². The molecule has 0 unspecified atom stereocenters. The number of fused-ring (bicyclic) bond motifs is 1. The molecule has 0 aliphatic carbocycles. The summed E-state index contributed by atoms with van der Waals surface area (Å²) in [5.41, 5.74) is 2.65. The van der Waals surface area contributed by atoms with Crippen LogP contribution < -0.4 is 5.32 Å². The van der Waals surface area contributed by atoms with Crippen molar-refractivity contribution in [2.45, 2.75) is 4.90 Å². The maximum absolute atomic E-state index is 12.0. The van der Waals surface area contributed by atoms with E-state index in [1.165, 1.54) is 24.4 Å². The minimum Gasteiger partial charge on any atom is -0.339 e. The predicted octanol–water partition coefficient (Wildman–Crippen LogP) is 4.06. The van der Waals surface area contributed by atoms with Crippen molar-refractivity contribution in [1.82, 2.24) is 9.38 Å². The van der Waals surface area contributed by atoms with Gasteiger partial charge in [0.05, 0.1) is 9.82 Å². The van der Waals surface area contributed by atoms with Crippen LogP contribution in [-0.2, 0) is 9.84 Å². The number of anilines is 2. The normalized spacial score (nSPS) is 11.5. The zero-order chi connectivity index (χ0) is 20.6. The first kappa shape index (κ1) is 18.6. The van der Waals surface area contributed by atoms with Crippen LogP contribution >= 0.6 is 0 Å². The standard InChI is InChI=1S/C20H16N4O4S/c1-29(27,28)17-11-12-18-22-19(14-5-3-2-4-6-14)20(23(18)13-17)21-15-7-9-16(10-8-15)24(25)26/h2-13,21H,1H3. The minimum atomic E-state index is -3.41. The Morgan fingerprint density at radius 1 is 1.00 bits per heavy atom. The van der Waals surface area contributed by atoms with Crippen molar-refractivity contribution in [2.75, 3.05) is 11.6 Å². The number of non-ortho nitro benzene ring substituents is 1. The summed E-state index contributed by atoms with van der Waals surface area (Å²) in [6.07, 6.45) is 2.66. The lowest BCUT2D eigenvalue weighted by Gasteiger charge is -2.09. The molecule has 0 amide bonds. The summed E-state index contributed by atoms with van der Waals surface area (Å²) in [7, 11) is -3.41. The number of nitro groups is 1. The first-order chi connectivity index (χ1) is 13.8. The summed E-state index contributed by atoms with van der Waals surface area (Å²) < 4.78 is 25.7. The van der Waals surface area contributed by atoms with Gasteiger partial charge < -0.3 is 5.32 Å². The Morgan fingerprint density at radius 3 is 2.31 bits per heavy atom. The smallest absolute Gasteiger partial charge is 0.269 e. The lowest BCUT2D eigenvalue weighted by Crippen LogP contribution is -2.02. The minimum absolute atomic E-state index is 0.0173. The molecule has 29 heavy (non-hydrogen) atoms. The Bertz CT molecular complexity index is 1310. The molecule has 0 spiro atoms.